The third-order valence-electron chi connectivity index (χ3n) is 3.46. The molecule has 1 amide bonds. The molecule has 0 bridgehead atoms. The van der Waals surface area contributed by atoms with Gasteiger partial charge in [-0.25, -0.2) is 0 Å². The molecule has 1 aliphatic rings. The summed E-state index contributed by atoms with van der Waals surface area (Å²) in [6.07, 6.45) is 2.05. The normalized spacial score (nSPS) is 28.1. The van der Waals surface area contributed by atoms with Gasteiger partial charge in [0.05, 0.1) is 6.10 Å². The topological polar surface area (TPSA) is 38.3 Å². The van der Waals surface area contributed by atoms with Gasteiger partial charge in [-0.15, -0.1) is 0 Å². The van der Waals surface area contributed by atoms with Crippen LogP contribution in [0.15, 0.2) is 0 Å². The second kappa shape index (κ2) is 4.52. The van der Waals surface area contributed by atoms with Gasteiger partial charge in [0.15, 0.2) is 0 Å². The first-order chi connectivity index (χ1) is 6.84. The average Bonchev–Trinajstić information content (AvgIpc) is 2.00. The standard InChI is InChI=1S/C12H23NO2.H2/c1-8(12(2,3)4)13-11(14)9-6-10(7-9)15-5;/h8-10H,6-7H2,1-5H3,(H,13,14);1H/t8-,9?,10?;/m1./s1. The first-order valence-corrected chi connectivity index (χ1v) is 5.67. The van der Waals surface area contributed by atoms with Crippen LogP contribution in [0.2, 0.25) is 0 Å². The summed E-state index contributed by atoms with van der Waals surface area (Å²) in [5, 5.41) is 3.07. The fourth-order valence-corrected chi connectivity index (χ4v) is 1.52. The zero-order valence-corrected chi connectivity index (χ0v) is 10.5. The first kappa shape index (κ1) is 12.5. The van der Waals surface area contributed by atoms with E-state index in [9.17, 15) is 4.79 Å². The zero-order valence-electron chi connectivity index (χ0n) is 10.5. The molecule has 0 aromatic rings. The molecule has 0 saturated heterocycles. The summed E-state index contributed by atoms with van der Waals surface area (Å²) < 4.78 is 5.16. The van der Waals surface area contributed by atoms with Crippen LogP contribution in [0.4, 0.5) is 0 Å². The van der Waals surface area contributed by atoms with Crippen LogP contribution in [0, 0.1) is 11.3 Å². The Balaban J connectivity index is 0.00000225. The lowest BCUT2D eigenvalue weighted by Crippen LogP contribution is -2.48. The van der Waals surface area contributed by atoms with Crippen LogP contribution >= 0.6 is 0 Å². The smallest absolute Gasteiger partial charge is 0.223 e. The minimum absolute atomic E-state index is 0. The van der Waals surface area contributed by atoms with Crippen LogP contribution in [-0.4, -0.2) is 25.2 Å². The summed E-state index contributed by atoms with van der Waals surface area (Å²) in [6.45, 7) is 8.47. The summed E-state index contributed by atoms with van der Waals surface area (Å²) in [7, 11) is 1.70. The Labute approximate surface area is 94.1 Å². The molecule has 15 heavy (non-hydrogen) atoms. The van der Waals surface area contributed by atoms with E-state index in [1.54, 1.807) is 7.11 Å². The monoisotopic (exact) mass is 215 g/mol. The predicted octanol–water partition coefficient (Wildman–Crippen LogP) is 2.21. The van der Waals surface area contributed by atoms with Gasteiger partial charge in [0.25, 0.3) is 0 Å². The highest BCUT2D eigenvalue weighted by atomic mass is 16.5. The summed E-state index contributed by atoms with van der Waals surface area (Å²) in [6, 6.07) is 0.214. The van der Waals surface area contributed by atoms with Crippen molar-refractivity contribution in [3.05, 3.63) is 0 Å². The van der Waals surface area contributed by atoms with E-state index in [4.69, 9.17) is 4.74 Å². The number of carbonyl (C=O) groups is 1. The van der Waals surface area contributed by atoms with Crippen LogP contribution in [0.3, 0.4) is 0 Å². The van der Waals surface area contributed by atoms with Crippen LogP contribution in [0.25, 0.3) is 0 Å². The minimum Gasteiger partial charge on any atom is -0.381 e. The molecule has 1 atom stereocenters. The molecule has 0 aliphatic heterocycles. The van der Waals surface area contributed by atoms with Crippen molar-refractivity contribution >= 4 is 5.91 Å². The largest absolute Gasteiger partial charge is 0.381 e. The number of amides is 1. The van der Waals surface area contributed by atoms with Gasteiger partial charge in [-0.05, 0) is 25.2 Å². The molecule has 3 heteroatoms. The van der Waals surface area contributed by atoms with Crippen molar-refractivity contribution in [2.45, 2.75) is 52.7 Å². The van der Waals surface area contributed by atoms with Gasteiger partial charge >= 0.3 is 0 Å². The van der Waals surface area contributed by atoms with Gasteiger partial charge in [0.2, 0.25) is 5.91 Å². The van der Waals surface area contributed by atoms with Crippen LogP contribution in [0.1, 0.15) is 42.0 Å². The van der Waals surface area contributed by atoms with Crippen LogP contribution < -0.4 is 5.32 Å². The molecular formula is C12H25NO2. The SMILES string of the molecule is COC1CC(C(=O)N[C@H](C)C(C)(C)C)C1.[HH]. The summed E-state index contributed by atoms with van der Waals surface area (Å²) in [5.74, 6) is 0.352. The average molecular weight is 215 g/mol. The molecule has 0 heterocycles. The molecule has 1 N–H and O–H groups in total. The second-order valence-corrected chi connectivity index (χ2v) is 5.62. The Bertz CT molecular complexity index is 232. The zero-order chi connectivity index (χ0) is 11.6. The third-order valence-corrected chi connectivity index (χ3v) is 3.46. The molecule has 1 aliphatic carbocycles. The van der Waals surface area contributed by atoms with Crippen molar-refractivity contribution in [1.82, 2.24) is 5.32 Å². The molecule has 0 radical (unpaired) electrons. The number of hydrogen-bond acceptors (Lipinski definition) is 2. The summed E-state index contributed by atoms with van der Waals surface area (Å²) in [4.78, 5) is 11.8. The molecule has 1 fully saturated rings. The highest BCUT2D eigenvalue weighted by Gasteiger charge is 2.35. The molecule has 0 unspecified atom stereocenters. The molecule has 3 nitrogen and oxygen atoms in total. The molecule has 0 spiro atoms. The molecular weight excluding hydrogens is 190 g/mol. The number of rotatable bonds is 3. The second-order valence-electron chi connectivity index (χ2n) is 5.62. The lowest BCUT2D eigenvalue weighted by Gasteiger charge is -2.36. The lowest BCUT2D eigenvalue weighted by atomic mass is 9.80. The van der Waals surface area contributed by atoms with Gasteiger partial charge in [-0.1, -0.05) is 20.8 Å². The molecule has 0 aromatic carbocycles. The fraction of sp³-hybridized carbons (Fsp3) is 0.917. The van der Waals surface area contributed by atoms with Gasteiger partial charge < -0.3 is 10.1 Å². The molecule has 1 rings (SSSR count). The maximum atomic E-state index is 11.8. The van der Waals surface area contributed by atoms with Crippen molar-refractivity contribution in [2.24, 2.45) is 11.3 Å². The summed E-state index contributed by atoms with van der Waals surface area (Å²) >= 11 is 0. The van der Waals surface area contributed by atoms with E-state index in [1.807, 2.05) is 0 Å². The van der Waals surface area contributed by atoms with Gasteiger partial charge in [0.1, 0.15) is 0 Å². The van der Waals surface area contributed by atoms with E-state index in [0.717, 1.165) is 12.8 Å². The quantitative estimate of drug-likeness (QED) is 0.784. The highest BCUT2D eigenvalue weighted by molar-refractivity contribution is 5.80. The van der Waals surface area contributed by atoms with E-state index in [1.165, 1.54) is 0 Å². The number of hydrogen-bond donors (Lipinski definition) is 1. The van der Waals surface area contributed by atoms with E-state index in [2.05, 4.69) is 33.0 Å². The van der Waals surface area contributed by atoms with Gasteiger partial charge in [0, 0.05) is 20.5 Å². The predicted molar refractivity (Wildman–Crippen MR) is 62.7 cm³/mol. The number of nitrogens with one attached hydrogen (secondary N) is 1. The Morgan fingerprint density at radius 1 is 1.47 bits per heavy atom. The Hall–Kier alpha value is -0.570. The lowest BCUT2D eigenvalue weighted by molar-refractivity contribution is -0.133. The molecule has 0 aromatic heterocycles. The van der Waals surface area contributed by atoms with Crippen molar-refractivity contribution < 1.29 is 11.0 Å². The van der Waals surface area contributed by atoms with Gasteiger partial charge in [-0.2, -0.15) is 0 Å². The van der Waals surface area contributed by atoms with E-state index < -0.39 is 0 Å². The van der Waals surface area contributed by atoms with E-state index in [-0.39, 0.29) is 24.7 Å². The van der Waals surface area contributed by atoms with Crippen molar-refractivity contribution in [1.29, 1.82) is 0 Å². The van der Waals surface area contributed by atoms with Crippen molar-refractivity contribution in [2.75, 3.05) is 7.11 Å². The Kier molecular flexibility index (Phi) is 3.77. The minimum atomic E-state index is 0. The number of carbonyl (C=O) groups excluding carboxylic acids is 1. The van der Waals surface area contributed by atoms with E-state index >= 15 is 0 Å². The van der Waals surface area contributed by atoms with Crippen LogP contribution in [0.5, 0.6) is 0 Å². The highest BCUT2D eigenvalue weighted by Crippen LogP contribution is 2.30. The number of methoxy groups -OCH3 is 1. The summed E-state index contributed by atoms with van der Waals surface area (Å²) in [5.41, 5.74) is 0.125. The Morgan fingerprint density at radius 2 is 2.00 bits per heavy atom. The van der Waals surface area contributed by atoms with Gasteiger partial charge in [-0.3, -0.25) is 4.79 Å². The maximum Gasteiger partial charge on any atom is 0.223 e. The molecule has 90 valence electrons. The van der Waals surface area contributed by atoms with Crippen molar-refractivity contribution in [3.63, 3.8) is 0 Å². The van der Waals surface area contributed by atoms with E-state index in [0.29, 0.717) is 6.10 Å². The maximum absolute atomic E-state index is 11.8. The van der Waals surface area contributed by atoms with Crippen molar-refractivity contribution in [3.8, 4) is 0 Å². The number of ether oxygens (including phenoxy) is 1. The Morgan fingerprint density at radius 3 is 2.40 bits per heavy atom. The fourth-order valence-electron chi connectivity index (χ4n) is 1.52. The third kappa shape index (κ3) is 3.20. The van der Waals surface area contributed by atoms with Crippen LogP contribution in [-0.2, 0) is 9.53 Å². The first-order valence-electron chi connectivity index (χ1n) is 5.67. The molecule has 1 saturated carbocycles.